The molecule has 0 bridgehead atoms. The van der Waals surface area contributed by atoms with Gasteiger partial charge in [0.05, 0.1) is 0 Å². The number of rotatable bonds is 3. The van der Waals surface area contributed by atoms with Crippen LogP contribution in [0.25, 0.3) is 0 Å². The molecule has 0 aliphatic rings. The predicted octanol–water partition coefficient (Wildman–Crippen LogP) is 0.197. The molecule has 0 unspecified atom stereocenters. The van der Waals surface area contributed by atoms with E-state index in [0.717, 1.165) is 0 Å². The second kappa shape index (κ2) is 3.61. The molecule has 1 N–H and O–H groups in total. The van der Waals surface area contributed by atoms with Gasteiger partial charge in [0.15, 0.2) is 0 Å². The Morgan fingerprint density at radius 1 is 1.60 bits per heavy atom. The second-order valence-electron chi connectivity index (χ2n) is 2.41. The highest BCUT2D eigenvalue weighted by molar-refractivity contribution is 8.00. The SMILES string of the molecule is CS(C)(=O)=CCCC(=O)O. The molecule has 10 heavy (non-hydrogen) atoms. The molecule has 0 fully saturated rings. The topological polar surface area (TPSA) is 54.4 Å². The van der Waals surface area contributed by atoms with Crippen LogP contribution in [0.3, 0.4) is 0 Å². The molecule has 0 aliphatic heterocycles. The van der Waals surface area contributed by atoms with Crippen LogP contribution >= 0.6 is 0 Å². The first-order chi connectivity index (χ1) is 4.42. The van der Waals surface area contributed by atoms with Crippen LogP contribution in [-0.4, -0.2) is 33.2 Å². The highest BCUT2D eigenvalue weighted by atomic mass is 32.2. The highest BCUT2D eigenvalue weighted by Crippen LogP contribution is 1.86. The number of hydrogen-bond donors (Lipinski definition) is 1. The lowest BCUT2D eigenvalue weighted by Gasteiger charge is -1.92. The molecule has 60 valence electrons. The largest absolute Gasteiger partial charge is 0.481 e. The Balaban J connectivity index is 3.77. The van der Waals surface area contributed by atoms with Crippen molar-refractivity contribution in [3.05, 3.63) is 0 Å². The molecule has 0 aromatic heterocycles. The number of carbonyl (C=O) groups is 1. The zero-order valence-corrected chi connectivity index (χ0v) is 6.98. The van der Waals surface area contributed by atoms with Crippen molar-refractivity contribution in [2.24, 2.45) is 0 Å². The molecule has 0 saturated carbocycles. The normalized spacial score (nSPS) is 11.0. The Kier molecular flexibility index (Phi) is 3.42. The highest BCUT2D eigenvalue weighted by Gasteiger charge is 1.94. The van der Waals surface area contributed by atoms with Crippen molar-refractivity contribution in [3.63, 3.8) is 0 Å². The van der Waals surface area contributed by atoms with E-state index in [2.05, 4.69) is 0 Å². The van der Waals surface area contributed by atoms with Crippen LogP contribution < -0.4 is 0 Å². The van der Waals surface area contributed by atoms with Crippen molar-refractivity contribution < 1.29 is 14.1 Å². The van der Waals surface area contributed by atoms with Crippen molar-refractivity contribution in [2.75, 3.05) is 12.5 Å². The molecule has 4 heteroatoms. The van der Waals surface area contributed by atoms with Gasteiger partial charge in [0.1, 0.15) is 0 Å². The van der Waals surface area contributed by atoms with Crippen molar-refractivity contribution >= 4 is 20.9 Å². The third-order valence-electron chi connectivity index (χ3n) is 0.877. The van der Waals surface area contributed by atoms with Gasteiger partial charge in [0.2, 0.25) is 0 Å². The minimum absolute atomic E-state index is 0.0681. The first-order valence-electron chi connectivity index (χ1n) is 2.91. The van der Waals surface area contributed by atoms with Crippen LogP contribution in [-0.2, 0) is 14.3 Å². The van der Waals surface area contributed by atoms with E-state index < -0.39 is 15.5 Å². The maximum absolute atomic E-state index is 10.9. The Labute approximate surface area is 61.1 Å². The van der Waals surface area contributed by atoms with Crippen LogP contribution in [0.4, 0.5) is 0 Å². The van der Waals surface area contributed by atoms with Gasteiger partial charge in [-0.2, -0.15) is 0 Å². The molecule has 0 heterocycles. The molecule has 0 spiro atoms. The third kappa shape index (κ3) is 7.49. The van der Waals surface area contributed by atoms with Crippen LogP contribution in [0.1, 0.15) is 12.8 Å². The Morgan fingerprint density at radius 3 is 2.40 bits per heavy atom. The van der Waals surface area contributed by atoms with Gasteiger partial charge in [0.25, 0.3) is 0 Å². The first-order valence-corrected chi connectivity index (χ1v) is 5.35. The fraction of sp³-hybridized carbons (Fsp3) is 0.667. The molecule has 0 rings (SSSR count). The summed E-state index contributed by atoms with van der Waals surface area (Å²) in [4.78, 5) is 9.97. The lowest BCUT2D eigenvalue weighted by Crippen LogP contribution is -2.00. The lowest BCUT2D eigenvalue weighted by atomic mass is 10.3. The summed E-state index contributed by atoms with van der Waals surface area (Å²) in [7, 11) is -1.86. The van der Waals surface area contributed by atoms with Crippen LogP contribution in [0.5, 0.6) is 0 Å². The van der Waals surface area contributed by atoms with Crippen molar-refractivity contribution in [3.8, 4) is 0 Å². The monoisotopic (exact) mass is 164 g/mol. The molecule has 0 aromatic carbocycles. The zero-order valence-electron chi connectivity index (χ0n) is 6.16. The summed E-state index contributed by atoms with van der Waals surface area (Å²) < 4.78 is 10.9. The summed E-state index contributed by atoms with van der Waals surface area (Å²) in [6.07, 6.45) is 3.64. The van der Waals surface area contributed by atoms with Gasteiger partial charge in [-0.15, -0.1) is 0 Å². The lowest BCUT2D eigenvalue weighted by molar-refractivity contribution is -0.136. The zero-order chi connectivity index (χ0) is 8.20. The van der Waals surface area contributed by atoms with Gasteiger partial charge in [-0.3, -0.25) is 9.00 Å². The number of aliphatic carboxylic acids is 1. The van der Waals surface area contributed by atoms with Gasteiger partial charge in [-0.05, 0) is 21.3 Å². The third-order valence-corrected chi connectivity index (χ3v) is 1.92. The van der Waals surface area contributed by atoms with Gasteiger partial charge in [-0.25, -0.2) is 0 Å². The summed E-state index contributed by atoms with van der Waals surface area (Å²) in [6.45, 7) is 0. The summed E-state index contributed by atoms with van der Waals surface area (Å²) in [6, 6.07) is 0. The Bertz CT molecular complexity index is 215. The maximum Gasteiger partial charge on any atom is 0.303 e. The van der Waals surface area contributed by atoms with Crippen molar-refractivity contribution in [2.45, 2.75) is 12.8 Å². The average molecular weight is 164 g/mol. The predicted molar refractivity (Wildman–Crippen MR) is 42.9 cm³/mol. The fourth-order valence-corrected chi connectivity index (χ4v) is 1.15. The number of carboxylic acids is 1. The van der Waals surface area contributed by atoms with Gasteiger partial charge in [0, 0.05) is 18.9 Å². The van der Waals surface area contributed by atoms with E-state index >= 15 is 0 Å². The minimum atomic E-state index is -1.86. The van der Waals surface area contributed by atoms with E-state index in [0.29, 0.717) is 6.42 Å². The quantitative estimate of drug-likeness (QED) is 0.606. The molecule has 0 radical (unpaired) electrons. The molecule has 3 nitrogen and oxygen atoms in total. The van der Waals surface area contributed by atoms with Gasteiger partial charge >= 0.3 is 5.97 Å². The maximum atomic E-state index is 10.9. The van der Waals surface area contributed by atoms with E-state index in [4.69, 9.17) is 5.11 Å². The molecular formula is C6H12O3S. The number of carboxylic acid groups (broad SMARTS) is 1. The Hall–Kier alpha value is -0.510. The second-order valence-corrected chi connectivity index (χ2v) is 5.36. The number of hydrogen-bond acceptors (Lipinski definition) is 2. The summed E-state index contributed by atoms with van der Waals surface area (Å²) >= 11 is 0. The van der Waals surface area contributed by atoms with Gasteiger partial charge in [-0.1, -0.05) is 0 Å². The minimum Gasteiger partial charge on any atom is -0.481 e. The average Bonchev–Trinajstić information content (AvgIpc) is 1.59. The smallest absolute Gasteiger partial charge is 0.303 e. The van der Waals surface area contributed by atoms with E-state index in [9.17, 15) is 9.00 Å². The van der Waals surface area contributed by atoms with E-state index in [1.54, 1.807) is 17.9 Å². The molecule has 0 aliphatic carbocycles. The molecule has 0 amide bonds. The Morgan fingerprint density at radius 2 is 2.10 bits per heavy atom. The summed E-state index contributed by atoms with van der Waals surface area (Å²) in [5.74, 6) is -0.847. The molecule has 0 saturated heterocycles. The van der Waals surface area contributed by atoms with E-state index in [1.807, 2.05) is 0 Å². The molecule has 0 atom stereocenters. The van der Waals surface area contributed by atoms with Crippen molar-refractivity contribution in [1.29, 1.82) is 0 Å². The molecule has 0 aromatic rings. The standard InChI is InChI=1S/C6H12O3S/c1-10(2,9)5-3-4-6(7)8/h5H,3-4H2,1-2H3,(H,7,8). The van der Waals surface area contributed by atoms with Crippen LogP contribution in [0.2, 0.25) is 0 Å². The summed E-state index contributed by atoms with van der Waals surface area (Å²) in [5.41, 5.74) is 0. The van der Waals surface area contributed by atoms with Crippen molar-refractivity contribution in [1.82, 2.24) is 0 Å². The fourth-order valence-electron chi connectivity index (χ4n) is 0.466. The van der Waals surface area contributed by atoms with Gasteiger partial charge < -0.3 is 5.11 Å². The van der Waals surface area contributed by atoms with E-state index in [1.165, 1.54) is 0 Å². The molecular weight excluding hydrogens is 152 g/mol. The summed E-state index contributed by atoms with van der Waals surface area (Å²) in [5, 5.41) is 9.75. The van der Waals surface area contributed by atoms with E-state index in [-0.39, 0.29) is 6.42 Å². The van der Waals surface area contributed by atoms with Crippen LogP contribution in [0.15, 0.2) is 0 Å². The van der Waals surface area contributed by atoms with Crippen LogP contribution in [0, 0.1) is 0 Å². The first kappa shape index (κ1) is 9.49.